The molecule has 11 heavy (non-hydrogen) atoms. The highest BCUT2D eigenvalue weighted by Crippen LogP contribution is 2.12. The Kier molecular flexibility index (Phi) is 2.09. The molecule has 0 saturated heterocycles. The number of nitrogens with zero attached hydrogens (tertiary/aromatic N) is 2. The molecule has 62 valence electrons. The Bertz CT molecular complexity index is 178. The quantitative estimate of drug-likeness (QED) is 0.598. The zero-order valence-corrected chi connectivity index (χ0v) is 7.15. The Hall–Kier alpha value is -0.700. The van der Waals surface area contributed by atoms with Crippen LogP contribution in [0.25, 0.3) is 0 Å². The Labute approximate surface area is 66.9 Å². The first kappa shape index (κ1) is 8.40. The predicted octanol–water partition coefficient (Wildman–Crippen LogP) is 0.875. The van der Waals surface area contributed by atoms with E-state index in [1.54, 1.807) is 13.1 Å². The molecule has 0 aromatic heterocycles. The van der Waals surface area contributed by atoms with Crippen LogP contribution < -0.4 is 0 Å². The average molecular weight is 154 g/mol. The highest BCUT2D eigenvalue weighted by molar-refractivity contribution is 5.79. The van der Waals surface area contributed by atoms with E-state index in [0.717, 1.165) is 0 Å². The second-order valence-corrected chi connectivity index (χ2v) is 3.39. The van der Waals surface area contributed by atoms with Crippen LogP contribution in [0.15, 0.2) is 9.98 Å². The normalized spacial score (nSPS) is 36.6. The molecule has 1 rings (SSSR count). The van der Waals surface area contributed by atoms with E-state index in [1.807, 2.05) is 0 Å². The van der Waals surface area contributed by atoms with Gasteiger partial charge in [-0.25, -0.2) is 0 Å². The van der Waals surface area contributed by atoms with Crippen LogP contribution in [0.5, 0.6) is 0 Å². The van der Waals surface area contributed by atoms with Crippen LogP contribution in [0.1, 0.15) is 20.8 Å². The second kappa shape index (κ2) is 2.74. The van der Waals surface area contributed by atoms with Crippen molar-refractivity contribution < 1.29 is 5.11 Å². The molecule has 0 spiro atoms. The van der Waals surface area contributed by atoms with E-state index in [0.29, 0.717) is 5.92 Å². The van der Waals surface area contributed by atoms with E-state index in [4.69, 9.17) is 0 Å². The Morgan fingerprint density at radius 1 is 1.55 bits per heavy atom. The third kappa shape index (κ3) is 2.12. The fraction of sp³-hybridized carbons (Fsp3) is 0.750. The smallest absolute Gasteiger partial charge is 0.188 e. The molecule has 1 aliphatic heterocycles. The fourth-order valence-corrected chi connectivity index (χ4v) is 0.871. The summed E-state index contributed by atoms with van der Waals surface area (Å²) in [6.07, 6.45) is 3.21. The first-order valence-corrected chi connectivity index (χ1v) is 3.83. The molecule has 0 aliphatic carbocycles. The van der Waals surface area contributed by atoms with Crippen LogP contribution in [-0.2, 0) is 0 Å². The van der Waals surface area contributed by atoms with Crippen molar-refractivity contribution in [2.75, 3.05) is 0 Å². The van der Waals surface area contributed by atoms with Crippen molar-refractivity contribution in [1.82, 2.24) is 0 Å². The molecule has 0 aromatic rings. The number of hydrogen-bond donors (Lipinski definition) is 1. The van der Waals surface area contributed by atoms with Gasteiger partial charge in [-0.3, -0.25) is 9.98 Å². The van der Waals surface area contributed by atoms with E-state index in [9.17, 15) is 5.11 Å². The van der Waals surface area contributed by atoms with Gasteiger partial charge in [-0.15, -0.1) is 0 Å². The Morgan fingerprint density at radius 2 is 2.18 bits per heavy atom. The topological polar surface area (TPSA) is 45.0 Å². The second-order valence-electron chi connectivity index (χ2n) is 3.39. The maximum absolute atomic E-state index is 9.33. The lowest BCUT2D eigenvalue weighted by Crippen LogP contribution is -2.31. The molecule has 1 N–H and O–H groups in total. The van der Waals surface area contributed by atoms with Crippen molar-refractivity contribution in [1.29, 1.82) is 0 Å². The van der Waals surface area contributed by atoms with E-state index in [1.165, 1.54) is 6.21 Å². The summed E-state index contributed by atoms with van der Waals surface area (Å²) in [7, 11) is 0. The minimum atomic E-state index is -1.08. The molecule has 0 bridgehead atoms. The lowest BCUT2D eigenvalue weighted by Gasteiger charge is -2.21. The zero-order valence-electron chi connectivity index (χ0n) is 7.15. The van der Waals surface area contributed by atoms with Crippen LogP contribution in [0.3, 0.4) is 0 Å². The maximum atomic E-state index is 9.33. The van der Waals surface area contributed by atoms with Crippen LogP contribution in [0, 0.1) is 5.92 Å². The fourth-order valence-electron chi connectivity index (χ4n) is 0.871. The van der Waals surface area contributed by atoms with Gasteiger partial charge in [0.2, 0.25) is 0 Å². The Balaban J connectivity index is 2.65. The molecular weight excluding hydrogens is 140 g/mol. The molecule has 0 saturated carbocycles. The number of rotatable bonds is 1. The predicted molar refractivity (Wildman–Crippen MR) is 46.2 cm³/mol. The van der Waals surface area contributed by atoms with Crippen molar-refractivity contribution >= 4 is 12.4 Å². The van der Waals surface area contributed by atoms with Gasteiger partial charge in [0.15, 0.2) is 5.72 Å². The van der Waals surface area contributed by atoms with Crippen LogP contribution in [0.2, 0.25) is 0 Å². The van der Waals surface area contributed by atoms with Crippen molar-refractivity contribution in [3.05, 3.63) is 0 Å². The van der Waals surface area contributed by atoms with Gasteiger partial charge in [0, 0.05) is 6.21 Å². The summed E-state index contributed by atoms with van der Waals surface area (Å²) in [6.45, 7) is 5.77. The van der Waals surface area contributed by atoms with E-state index in [-0.39, 0.29) is 6.04 Å². The molecule has 0 aromatic carbocycles. The molecule has 1 heterocycles. The van der Waals surface area contributed by atoms with Crippen molar-refractivity contribution in [2.24, 2.45) is 15.9 Å². The van der Waals surface area contributed by atoms with Crippen LogP contribution in [0.4, 0.5) is 0 Å². The van der Waals surface area contributed by atoms with Gasteiger partial charge in [0.25, 0.3) is 0 Å². The SMILES string of the molecule is CC(C)C1C=NC(C)(O)C=N1. The zero-order chi connectivity index (χ0) is 8.48. The summed E-state index contributed by atoms with van der Waals surface area (Å²) in [5.41, 5.74) is -1.08. The molecule has 3 nitrogen and oxygen atoms in total. The third-order valence-electron chi connectivity index (χ3n) is 1.66. The highest BCUT2D eigenvalue weighted by Gasteiger charge is 2.21. The minimum Gasteiger partial charge on any atom is -0.365 e. The third-order valence-corrected chi connectivity index (χ3v) is 1.66. The van der Waals surface area contributed by atoms with Gasteiger partial charge >= 0.3 is 0 Å². The highest BCUT2D eigenvalue weighted by atomic mass is 16.3. The minimum absolute atomic E-state index is 0.134. The van der Waals surface area contributed by atoms with Gasteiger partial charge in [-0.05, 0) is 12.8 Å². The first-order chi connectivity index (χ1) is 5.01. The monoisotopic (exact) mass is 154 g/mol. The summed E-state index contributed by atoms with van der Waals surface area (Å²) in [5.74, 6) is 0.450. The summed E-state index contributed by atoms with van der Waals surface area (Å²) >= 11 is 0. The molecular formula is C8H14N2O. The summed E-state index contributed by atoms with van der Waals surface area (Å²) < 4.78 is 0. The summed E-state index contributed by atoms with van der Waals surface area (Å²) in [5, 5.41) is 9.33. The van der Waals surface area contributed by atoms with Crippen molar-refractivity contribution in [2.45, 2.75) is 32.5 Å². The Morgan fingerprint density at radius 3 is 2.55 bits per heavy atom. The molecule has 0 radical (unpaired) electrons. The van der Waals surface area contributed by atoms with E-state index in [2.05, 4.69) is 23.8 Å². The molecule has 2 unspecified atom stereocenters. The van der Waals surface area contributed by atoms with Gasteiger partial charge in [-0.2, -0.15) is 0 Å². The maximum Gasteiger partial charge on any atom is 0.188 e. The van der Waals surface area contributed by atoms with E-state index < -0.39 is 5.72 Å². The van der Waals surface area contributed by atoms with E-state index >= 15 is 0 Å². The molecule has 3 heteroatoms. The van der Waals surface area contributed by atoms with Crippen LogP contribution in [-0.4, -0.2) is 29.3 Å². The van der Waals surface area contributed by atoms with Crippen LogP contribution >= 0.6 is 0 Å². The van der Waals surface area contributed by atoms with Gasteiger partial charge in [0.05, 0.1) is 12.3 Å². The lowest BCUT2D eigenvalue weighted by atomic mass is 10.1. The van der Waals surface area contributed by atoms with Gasteiger partial charge < -0.3 is 5.11 Å². The van der Waals surface area contributed by atoms with Crippen molar-refractivity contribution in [3.63, 3.8) is 0 Å². The van der Waals surface area contributed by atoms with Crippen molar-refractivity contribution in [3.8, 4) is 0 Å². The number of aliphatic imine (C=N–C) groups is 2. The largest absolute Gasteiger partial charge is 0.365 e. The summed E-state index contributed by atoms with van der Waals surface area (Å²) in [4.78, 5) is 8.10. The summed E-state index contributed by atoms with van der Waals surface area (Å²) in [6, 6.07) is 0.134. The standard InChI is InChI=1S/C8H14N2O/c1-6(2)7-4-10-8(3,11)5-9-7/h4-7,11H,1-3H3. The van der Waals surface area contributed by atoms with Gasteiger partial charge in [0.1, 0.15) is 0 Å². The first-order valence-electron chi connectivity index (χ1n) is 3.83. The number of hydrogen-bond acceptors (Lipinski definition) is 3. The number of aliphatic hydroxyl groups is 1. The average Bonchev–Trinajstić information content (AvgIpc) is 1.86. The molecule has 2 atom stereocenters. The lowest BCUT2D eigenvalue weighted by molar-refractivity contribution is 0.146. The molecule has 0 amide bonds. The molecule has 1 aliphatic rings. The van der Waals surface area contributed by atoms with Gasteiger partial charge in [-0.1, -0.05) is 13.8 Å². The molecule has 0 fully saturated rings.